The van der Waals surface area contributed by atoms with Crippen molar-refractivity contribution >= 4 is 46.7 Å². The van der Waals surface area contributed by atoms with Gasteiger partial charge in [-0.25, -0.2) is 4.39 Å². The van der Waals surface area contributed by atoms with Crippen molar-refractivity contribution in [2.24, 2.45) is 23.7 Å². The monoisotopic (exact) mass is 400 g/mol. The fraction of sp³-hybridized carbons (Fsp3) is 0.316. The first-order valence-corrected chi connectivity index (χ1v) is 10.5. The molecule has 0 radical (unpaired) electrons. The molecule has 5 nitrogen and oxygen atoms in total. The summed E-state index contributed by atoms with van der Waals surface area (Å²) in [6.45, 7) is 0. The Kier molecular flexibility index (Phi) is 3.05. The van der Waals surface area contributed by atoms with Crippen LogP contribution in [0.1, 0.15) is 11.3 Å². The molecule has 0 unspecified atom stereocenters. The number of carbonyl (C=O) groups excluding carboxylic acids is 2. The van der Waals surface area contributed by atoms with Crippen LogP contribution < -0.4 is 9.77 Å². The maximum Gasteiger partial charge on any atom is 0.305 e. The third-order valence-electron chi connectivity index (χ3n) is 6.23. The maximum absolute atomic E-state index is 13.2. The smallest absolute Gasteiger partial charge is 0.305 e. The van der Waals surface area contributed by atoms with Crippen LogP contribution in [0.3, 0.4) is 0 Å². The molecule has 5 atom stereocenters. The zero-order valence-corrected chi connectivity index (χ0v) is 15.5. The number of benzene rings is 1. The largest absolute Gasteiger partial charge is 0.307 e. The van der Waals surface area contributed by atoms with Gasteiger partial charge < -0.3 is 4.98 Å². The van der Waals surface area contributed by atoms with Crippen molar-refractivity contribution in [3.8, 4) is 0 Å². The number of anilines is 1. The highest BCUT2D eigenvalue weighted by Gasteiger charge is 2.66. The number of thiazole rings is 1. The van der Waals surface area contributed by atoms with Crippen molar-refractivity contribution in [3.05, 3.63) is 50.2 Å². The lowest BCUT2D eigenvalue weighted by atomic mass is 9.77. The standard InChI is InChI=1S/C19H13FN2O3S2/c20-7-1-3-8(4-2-7)22-17(23)13-9-5-11(14(13)18(22)24)15-10(9)6-12-16(27-15)21-19(25)26-12/h1-4,6,9,11,13-15H,5H2,(H,21,25)/t9-,11+,13+,14-,15-/m0/s1. The van der Waals surface area contributed by atoms with E-state index in [9.17, 15) is 18.8 Å². The molecule has 6 rings (SSSR count). The Morgan fingerprint density at radius 3 is 2.59 bits per heavy atom. The van der Waals surface area contributed by atoms with Gasteiger partial charge in [0.15, 0.2) is 0 Å². The molecule has 2 aliphatic heterocycles. The summed E-state index contributed by atoms with van der Waals surface area (Å²) in [6, 6.07) is 5.51. The minimum Gasteiger partial charge on any atom is -0.307 e. The predicted molar refractivity (Wildman–Crippen MR) is 100 cm³/mol. The number of imide groups is 1. The summed E-state index contributed by atoms with van der Waals surface area (Å²) in [5, 5.41) is 1.01. The molecular weight excluding hydrogens is 387 g/mol. The first kappa shape index (κ1) is 15.8. The van der Waals surface area contributed by atoms with Crippen LogP contribution in [0.5, 0.6) is 0 Å². The number of hydrogen-bond acceptors (Lipinski definition) is 5. The summed E-state index contributed by atoms with van der Waals surface area (Å²) < 4.78 is 13.2. The summed E-state index contributed by atoms with van der Waals surface area (Å²) in [7, 11) is 0. The quantitative estimate of drug-likeness (QED) is 0.748. The first-order valence-electron chi connectivity index (χ1n) is 8.77. The summed E-state index contributed by atoms with van der Waals surface area (Å²) in [6.07, 6.45) is 2.89. The number of nitrogens with zero attached hydrogens (tertiary/aromatic N) is 1. The van der Waals surface area contributed by atoms with Gasteiger partial charge in [0.05, 0.1) is 27.4 Å². The minimum absolute atomic E-state index is 0.0461. The lowest BCUT2D eigenvalue weighted by Gasteiger charge is -2.32. The molecule has 1 saturated heterocycles. The normalized spacial score (nSPS) is 33.1. The van der Waals surface area contributed by atoms with Crippen LogP contribution in [-0.2, 0) is 9.59 Å². The lowest BCUT2D eigenvalue weighted by Crippen LogP contribution is -2.34. The summed E-state index contributed by atoms with van der Waals surface area (Å²) in [5.74, 6) is -1.28. The van der Waals surface area contributed by atoms with Gasteiger partial charge in [-0.15, -0.1) is 0 Å². The number of hydrogen-bond donors (Lipinski definition) is 1. The predicted octanol–water partition coefficient (Wildman–Crippen LogP) is 2.89. The van der Waals surface area contributed by atoms with Gasteiger partial charge in [0.2, 0.25) is 11.8 Å². The molecule has 3 heterocycles. The third-order valence-corrected chi connectivity index (χ3v) is 8.63. The number of H-pyrrole nitrogens is 1. The molecular formula is C19H13FN2O3S2. The second kappa shape index (κ2) is 5.20. The number of fused-ring (bicyclic) bond motifs is 9. The van der Waals surface area contributed by atoms with Crippen LogP contribution in [0.15, 0.2) is 39.7 Å². The Bertz CT molecular complexity index is 1100. The Hall–Kier alpha value is -2.19. The van der Waals surface area contributed by atoms with Gasteiger partial charge in [0, 0.05) is 5.25 Å². The number of aromatic nitrogens is 1. The number of aromatic amines is 1. The Morgan fingerprint density at radius 2 is 1.81 bits per heavy atom. The number of nitrogens with one attached hydrogen (secondary N) is 1. The second-order valence-corrected chi connectivity index (χ2v) is 9.60. The van der Waals surface area contributed by atoms with Gasteiger partial charge >= 0.3 is 4.87 Å². The minimum atomic E-state index is -0.397. The van der Waals surface area contributed by atoms with Gasteiger partial charge in [0.1, 0.15) is 5.82 Å². The lowest BCUT2D eigenvalue weighted by molar-refractivity contribution is -0.123. The molecule has 2 aromatic rings. The van der Waals surface area contributed by atoms with Crippen molar-refractivity contribution in [3.63, 3.8) is 0 Å². The Balaban J connectivity index is 1.41. The van der Waals surface area contributed by atoms with Gasteiger partial charge in [0.25, 0.3) is 0 Å². The van der Waals surface area contributed by atoms with E-state index in [1.807, 2.05) is 0 Å². The molecule has 1 aromatic carbocycles. The zero-order valence-electron chi connectivity index (χ0n) is 13.8. The molecule has 8 heteroatoms. The molecule has 27 heavy (non-hydrogen) atoms. The van der Waals surface area contributed by atoms with Crippen LogP contribution >= 0.6 is 23.1 Å². The molecule has 2 saturated carbocycles. The van der Waals surface area contributed by atoms with Crippen LogP contribution in [-0.4, -0.2) is 22.0 Å². The summed E-state index contributed by atoms with van der Waals surface area (Å²) >= 11 is 2.80. The number of carbonyl (C=O) groups is 2. The van der Waals surface area contributed by atoms with Crippen LogP contribution in [0.4, 0.5) is 10.1 Å². The van der Waals surface area contributed by atoms with Crippen LogP contribution in [0, 0.1) is 29.5 Å². The maximum atomic E-state index is 13.2. The molecule has 2 bridgehead atoms. The molecule has 2 aliphatic carbocycles. The van der Waals surface area contributed by atoms with E-state index in [2.05, 4.69) is 11.1 Å². The van der Waals surface area contributed by atoms with E-state index in [1.165, 1.54) is 46.1 Å². The fourth-order valence-electron chi connectivity index (χ4n) is 5.26. The molecule has 2 amide bonds. The highest BCUT2D eigenvalue weighted by molar-refractivity contribution is 8.00. The average Bonchev–Trinajstić information content (AvgIpc) is 3.35. The Labute approximate surface area is 161 Å². The highest BCUT2D eigenvalue weighted by atomic mass is 32.2. The Morgan fingerprint density at radius 1 is 1.07 bits per heavy atom. The van der Waals surface area contributed by atoms with E-state index < -0.39 is 5.82 Å². The van der Waals surface area contributed by atoms with Crippen LogP contribution in [0.2, 0.25) is 0 Å². The van der Waals surface area contributed by atoms with E-state index >= 15 is 0 Å². The summed E-state index contributed by atoms with van der Waals surface area (Å²) in [5.41, 5.74) is 1.63. The molecule has 0 spiro atoms. The topological polar surface area (TPSA) is 70.2 Å². The fourth-order valence-corrected chi connectivity index (χ4v) is 7.70. The second-order valence-electron chi connectivity index (χ2n) is 7.44. The van der Waals surface area contributed by atoms with Gasteiger partial charge in [-0.2, -0.15) is 0 Å². The molecule has 4 aliphatic rings. The number of amides is 2. The molecule has 1 aromatic heterocycles. The van der Waals surface area contributed by atoms with E-state index in [-0.39, 0.29) is 45.6 Å². The van der Waals surface area contributed by atoms with E-state index in [0.29, 0.717) is 5.69 Å². The third kappa shape index (κ3) is 1.97. The highest BCUT2D eigenvalue weighted by Crippen LogP contribution is 2.64. The van der Waals surface area contributed by atoms with E-state index in [0.717, 1.165) is 16.3 Å². The first-order chi connectivity index (χ1) is 13.0. The number of thioether (sulfide) groups is 1. The van der Waals surface area contributed by atoms with Crippen molar-refractivity contribution in [1.82, 2.24) is 4.98 Å². The van der Waals surface area contributed by atoms with Gasteiger partial charge in [-0.05, 0) is 48.6 Å². The van der Waals surface area contributed by atoms with Crippen molar-refractivity contribution < 1.29 is 14.0 Å². The van der Waals surface area contributed by atoms with E-state index in [1.54, 1.807) is 11.8 Å². The van der Waals surface area contributed by atoms with Gasteiger partial charge in [-0.1, -0.05) is 28.7 Å². The molecule has 136 valence electrons. The van der Waals surface area contributed by atoms with Gasteiger partial charge in [-0.3, -0.25) is 19.3 Å². The van der Waals surface area contributed by atoms with Crippen molar-refractivity contribution in [2.75, 3.05) is 4.90 Å². The van der Waals surface area contributed by atoms with Crippen LogP contribution in [0.25, 0.3) is 6.08 Å². The summed E-state index contributed by atoms with van der Waals surface area (Å²) in [4.78, 5) is 42.9. The van der Waals surface area contributed by atoms with E-state index in [4.69, 9.17) is 0 Å². The number of rotatable bonds is 1. The average molecular weight is 400 g/mol. The van der Waals surface area contributed by atoms with Crippen molar-refractivity contribution in [2.45, 2.75) is 16.7 Å². The molecule has 1 N–H and O–H groups in total. The molecule has 3 fully saturated rings. The SMILES string of the molecule is O=C1[C@H]2[C@H]3C[C@@H](C4=Cc5sc(=O)[nH]c5S[C@@H]43)[C@H]2C(=O)N1c1ccc(F)cc1. The van der Waals surface area contributed by atoms with Crippen molar-refractivity contribution in [1.29, 1.82) is 0 Å². The number of halogens is 1. The zero-order chi connectivity index (χ0) is 18.4.